The number of nitrogens with zero attached hydrogens (tertiary/aromatic N) is 2. The topological polar surface area (TPSA) is 131 Å². The van der Waals surface area contributed by atoms with Crippen molar-refractivity contribution in [1.29, 1.82) is 0 Å². The number of carbonyl (C=O) groups is 3. The van der Waals surface area contributed by atoms with E-state index in [0.29, 0.717) is 18.4 Å². The standard InChI is InChI=1S/C22H28FN5O3S/c1-2-5-16(21(30)26-15-6-3-4-7-15)28(12-13-8-10-14(23)11-9-13)22(31)19-17(24)18(20(25)29)27-32-19/h8-11,15-16H,2-7,12,24H2,1H3,(H2,25,29)(H,26,30). The van der Waals surface area contributed by atoms with Gasteiger partial charge in [-0.25, -0.2) is 4.39 Å². The average Bonchev–Trinajstić information content (AvgIpc) is 3.41. The minimum Gasteiger partial charge on any atom is -0.395 e. The van der Waals surface area contributed by atoms with Gasteiger partial charge < -0.3 is 21.7 Å². The van der Waals surface area contributed by atoms with Crippen LogP contribution in [-0.2, 0) is 11.3 Å². The molecule has 172 valence electrons. The number of anilines is 1. The summed E-state index contributed by atoms with van der Waals surface area (Å²) in [5.41, 5.74) is 11.7. The van der Waals surface area contributed by atoms with Crippen LogP contribution in [0.15, 0.2) is 24.3 Å². The number of nitrogens with one attached hydrogen (secondary N) is 1. The summed E-state index contributed by atoms with van der Waals surface area (Å²) in [5, 5.41) is 3.07. The van der Waals surface area contributed by atoms with Gasteiger partial charge in [-0.15, -0.1) is 0 Å². The summed E-state index contributed by atoms with van der Waals surface area (Å²) in [6.07, 6.45) is 5.07. The van der Waals surface area contributed by atoms with Gasteiger partial charge in [0.2, 0.25) is 5.91 Å². The predicted molar refractivity (Wildman–Crippen MR) is 120 cm³/mol. The normalized spacial score (nSPS) is 14.8. The molecule has 1 aliphatic rings. The van der Waals surface area contributed by atoms with Gasteiger partial charge in [0.15, 0.2) is 5.69 Å². The number of benzene rings is 1. The van der Waals surface area contributed by atoms with Gasteiger partial charge in [0, 0.05) is 12.6 Å². The minimum absolute atomic E-state index is 0.0516. The molecule has 3 amide bonds. The van der Waals surface area contributed by atoms with Crippen molar-refractivity contribution in [2.24, 2.45) is 5.73 Å². The van der Waals surface area contributed by atoms with Gasteiger partial charge in [0.1, 0.15) is 16.7 Å². The lowest BCUT2D eigenvalue weighted by atomic mass is 10.1. The van der Waals surface area contributed by atoms with Crippen molar-refractivity contribution in [2.75, 3.05) is 5.73 Å². The summed E-state index contributed by atoms with van der Waals surface area (Å²) in [6, 6.07) is 5.09. The quantitative estimate of drug-likeness (QED) is 0.528. The first-order chi connectivity index (χ1) is 15.3. The Hall–Kier alpha value is -3.01. The van der Waals surface area contributed by atoms with E-state index in [1.165, 1.54) is 17.0 Å². The zero-order valence-electron chi connectivity index (χ0n) is 18.0. The molecule has 0 aliphatic heterocycles. The zero-order valence-corrected chi connectivity index (χ0v) is 18.8. The molecule has 0 bridgehead atoms. The Balaban J connectivity index is 1.95. The summed E-state index contributed by atoms with van der Waals surface area (Å²) in [7, 11) is 0. The van der Waals surface area contributed by atoms with E-state index < -0.39 is 23.7 Å². The van der Waals surface area contributed by atoms with Crippen LogP contribution >= 0.6 is 11.5 Å². The van der Waals surface area contributed by atoms with Gasteiger partial charge in [0.05, 0.1) is 5.69 Å². The van der Waals surface area contributed by atoms with Crippen molar-refractivity contribution in [3.8, 4) is 0 Å². The Morgan fingerprint density at radius 2 is 1.91 bits per heavy atom. The fourth-order valence-electron chi connectivity index (χ4n) is 3.94. The van der Waals surface area contributed by atoms with Crippen LogP contribution in [0.4, 0.5) is 10.1 Å². The van der Waals surface area contributed by atoms with Crippen LogP contribution in [0.25, 0.3) is 0 Å². The number of primary amides is 1. The molecule has 1 saturated carbocycles. The van der Waals surface area contributed by atoms with E-state index in [-0.39, 0.29) is 34.8 Å². The van der Waals surface area contributed by atoms with Gasteiger partial charge in [-0.3, -0.25) is 14.4 Å². The van der Waals surface area contributed by atoms with Crippen LogP contribution in [0.3, 0.4) is 0 Å². The van der Waals surface area contributed by atoms with Crippen LogP contribution in [0.5, 0.6) is 0 Å². The first-order valence-electron chi connectivity index (χ1n) is 10.7. The van der Waals surface area contributed by atoms with E-state index in [9.17, 15) is 18.8 Å². The van der Waals surface area contributed by atoms with Crippen LogP contribution in [0.1, 0.15) is 71.2 Å². The summed E-state index contributed by atoms with van der Waals surface area (Å²) in [4.78, 5) is 39.8. The monoisotopic (exact) mass is 461 g/mol. The lowest BCUT2D eigenvalue weighted by Crippen LogP contribution is -2.51. The molecule has 1 aliphatic carbocycles. The van der Waals surface area contributed by atoms with Gasteiger partial charge in [0.25, 0.3) is 11.8 Å². The van der Waals surface area contributed by atoms with E-state index in [0.717, 1.165) is 37.2 Å². The number of hydrogen-bond donors (Lipinski definition) is 3. The number of aromatic nitrogens is 1. The summed E-state index contributed by atoms with van der Waals surface area (Å²) in [5.74, 6) is -1.97. The van der Waals surface area contributed by atoms with Crippen LogP contribution < -0.4 is 16.8 Å². The van der Waals surface area contributed by atoms with Crippen molar-refractivity contribution in [3.63, 3.8) is 0 Å². The maximum absolute atomic E-state index is 13.5. The van der Waals surface area contributed by atoms with E-state index >= 15 is 0 Å². The highest BCUT2D eigenvalue weighted by atomic mass is 32.1. The summed E-state index contributed by atoms with van der Waals surface area (Å²) in [6.45, 7) is 2.01. The average molecular weight is 462 g/mol. The van der Waals surface area contributed by atoms with Crippen molar-refractivity contribution >= 4 is 34.9 Å². The molecule has 1 aromatic carbocycles. The number of nitrogens with two attached hydrogens (primary N) is 2. The van der Waals surface area contributed by atoms with Gasteiger partial charge in [-0.1, -0.05) is 38.3 Å². The maximum atomic E-state index is 13.5. The molecule has 1 unspecified atom stereocenters. The third-order valence-corrected chi connectivity index (χ3v) is 6.48. The van der Waals surface area contributed by atoms with E-state index in [2.05, 4.69) is 9.69 Å². The van der Waals surface area contributed by atoms with E-state index in [1.807, 2.05) is 6.92 Å². The molecule has 2 aromatic rings. The van der Waals surface area contributed by atoms with Gasteiger partial charge >= 0.3 is 0 Å². The molecule has 1 heterocycles. The number of hydrogen-bond acceptors (Lipinski definition) is 6. The molecule has 0 radical (unpaired) electrons. The molecule has 0 spiro atoms. The second-order valence-electron chi connectivity index (χ2n) is 7.99. The maximum Gasteiger partial charge on any atom is 0.270 e. The highest BCUT2D eigenvalue weighted by molar-refractivity contribution is 7.09. The van der Waals surface area contributed by atoms with Crippen LogP contribution in [-0.4, -0.2) is 39.1 Å². The minimum atomic E-state index is -0.827. The Labute approximate surface area is 190 Å². The predicted octanol–water partition coefficient (Wildman–Crippen LogP) is 2.83. The van der Waals surface area contributed by atoms with Gasteiger partial charge in [-0.05, 0) is 48.5 Å². The Morgan fingerprint density at radius 1 is 1.25 bits per heavy atom. The lowest BCUT2D eigenvalue weighted by Gasteiger charge is -2.31. The van der Waals surface area contributed by atoms with Crippen molar-refractivity contribution in [3.05, 3.63) is 46.2 Å². The Morgan fingerprint density at radius 3 is 2.47 bits per heavy atom. The smallest absolute Gasteiger partial charge is 0.270 e. The lowest BCUT2D eigenvalue weighted by molar-refractivity contribution is -0.126. The van der Waals surface area contributed by atoms with E-state index in [1.54, 1.807) is 12.1 Å². The molecule has 8 nitrogen and oxygen atoms in total. The second-order valence-corrected chi connectivity index (χ2v) is 8.77. The summed E-state index contributed by atoms with van der Waals surface area (Å²) < 4.78 is 17.3. The fraction of sp³-hybridized carbons (Fsp3) is 0.455. The number of nitrogen functional groups attached to an aromatic ring is 1. The van der Waals surface area contributed by atoms with Crippen molar-refractivity contribution in [1.82, 2.24) is 14.6 Å². The highest BCUT2D eigenvalue weighted by Crippen LogP contribution is 2.27. The van der Waals surface area contributed by atoms with Gasteiger partial charge in [-0.2, -0.15) is 4.37 Å². The largest absolute Gasteiger partial charge is 0.395 e. The number of carbonyl (C=O) groups excluding carboxylic acids is 3. The number of amides is 3. The third kappa shape index (κ3) is 5.42. The number of halogens is 1. The first kappa shape index (κ1) is 23.6. The third-order valence-electron chi connectivity index (χ3n) is 5.63. The highest BCUT2D eigenvalue weighted by Gasteiger charge is 2.34. The van der Waals surface area contributed by atoms with Crippen molar-refractivity contribution < 1.29 is 18.8 Å². The molecule has 1 fully saturated rings. The van der Waals surface area contributed by atoms with Crippen molar-refractivity contribution in [2.45, 2.75) is 64.1 Å². The molecule has 5 N–H and O–H groups in total. The molecule has 3 rings (SSSR count). The van der Waals surface area contributed by atoms with E-state index in [4.69, 9.17) is 11.5 Å². The molecule has 0 saturated heterocycles. The number of rotatable bonds is 9. The Bertz CT molecular complexity index is 972. The fourth-order valence-corrected chi connectivity index (χ4v) is 4.70. The zero-order chi connectivity index (χ0) is 23.3. The molecular formula is C22H28FN5O3S. The second kappa shape index (κ2) is 10.5. The summed E-state index contributed by atoms with van der Waals surface area (Å²) >= 11 is 0.775. The van der Waals surface area contributed by atoms with Crippen LogP contribution in [0.2, 0.25) is 0 Å². The van der Waals surface area contributed by atoms with Crippen LogP contribution in [0, 0.1) is 5.82 Å². The Kier molecular flexibility index (Phi) is 7.79. The first-order valence-corrected chi connectivity index (χ1v) is 11.5. The molecular weight excluding hydrogens is 433 g/mol. The SMILES string of the molecule is CCCC(C(=O)NC1CCCC1)N(Cc1ccc(F)cc1)C(=O)c1snc(C(N)=O)c1N. The molecule has 1 atom stereocenters. The molecule has 10 heteroatoms. The molecule has 32 heavy (non-hydrogen) atoms. The molecule has 1 aromatic heterocycles.